The van der Waals surface area contributed by atoms with E-state index in [9.17, 15) is 13.2 Å². The minimum absolute atomic E-state index is 0.156. The maximum absolute atomic E-state index is 11.5. The van der Waals surface area contributed by atoms with Crippen molar-refractivity contribution in [2.75, 3.05) is 12.5 Å². The van der Waals surface area contributed by atoms with E-state index in [0.29, 0.717) is 4.90 Å². The van der Waals surface area contributed by atoms with Crippen LogP contribution < -0.4 is 0 Å². The van der Waals surface area contributed by atoms with Crippen LogP contribution in [0.3, 0.4) is 0 Å². The number of rotatable bonds is 4. The third-order valence-corrected chi connectivity index (χ3v) is 4.14. The van der Waals surface area contributed by atoms with Crippen molar-refractivity contribution >= 4 is 27.7 Å². The summed E-state index contributed by atoms with van der Waals surface area (Å²) in [6.45, 7) is 0.156. The van der Waals surface area contributed by atoms with Gasteiger partial charge in [-0.3, -0.25) is 0 Å². The quantitative estimate of drug-likeness (QED) is 0.467. The average molecular weight is 257 g/mol. The maximum atomic E-state index is 11.5. The molecule has 16 heavy (non-hydrogen) atoms. The van der Waals surface area contributed by atoms with Crippen LogP contribution in [0, 0.1) is 0 Å². The van der Waals surface area contributed by atoms with Crippen molar-refractivity contribution < 1.29 is 13.2 Å². The van der Waals surface area contributed by atoms with Crippen LogP contribution in [0.4, 0.5) is 0 Å². The van der Waals surface area contributed by atoms with Crippen molar-refractivity contribution in [2.45, 2.75) is 16.3 Å². The molecule has 0 aliphatic carbocycles. The first-order valence-corrected chi connectivity index (χ1v) is 7.52. The van der Waals surface area contributed by atoms with Gasteiger partial charge in [0.15, 0.2) is 9.84 Å². The molecule has 0 fully saturated rings. The van der Waals surface area contributed by atoms with Gasteiger partial charge < -0.3 is 0 Å². The van der Waals surface area contributed by atoms with Gasteiger partial charge in [0.05, 0.1) is 11.4 Å². The molecule has 0 spiro atoms. The van der Waals surface area contributed by atoms with Gasteiger partial charge in [0.1, 0.15) is 0 Å². The standard InChI is InChI=1S/C10H11NO3S2/c1-15-10-8(6-11-7-12)4-3-5-9(10)16(2,13)14/h3-5H,6H2,1-2H3. The first-order valence-electron chi connectivity index (χ1n) is 4.40. The van der Waals surface area contributed by atoms with E-state index in [4.69, 9.17) is 0 Å². The molecule has 0 amide bonds. The molecule has 1 aromatic carbocycles. The molecule has 1 rings (SSSR count). The molecule has 1 aromatic rings. The third-order valence-electron chi connectivity index (χ3n) is 1.98. The van der Waals surface area contributed by atoms with Crippen LogP contribution in [0.5, 0.6) is 0 Å². The van der Waals surface area contributed by atoms with Gasteiger partial charge in [-0.05, 0) is 17.9 Å². The zero-order valence-electron chi connectivity index (χ0n) is 8.93. The van der Waals surface area contributed by atoms with Gasteiger partial charge in [-0.1, -0.05) is 12.1 Å². The summed E-state index contributed by atoms with van der Waals surface area (Å²) in [5, 5.41) is 0. The predicted molar refractivity (Wildman–Crippen MR) is 63.2 cm³/mol. The Bertz CT molecular complexity index is 531. The molecular formula is C10H11NO3S2. The summed E-state index contributed by atoms with van der Waals surface area (Å²) in [7, 11) is -3.25. The Kier molecular flexibility index (Phi) is 4.29. The lowest BCUT2D eigenvalue weighted by Gasteiger charge is -2.09. The number of benzene rings is 1. The van der Waals surface area contributed by atoms with E-state index in [2.05, 4.69) is 4.99 Å². The fraction of sp³-hybridized carbons (Fsp3) is 0.300. The van der Waals surface area contributed by atoms with Crippen LogP contribution >= 0.6 is 11.8 Å². The summed E-state index contributed by atoms with van der Waals surface area (Å²) in [6.07, 6.45) is 4.39. The highest BCUT2D eigenvalue weighted by molar-refractivity contribution is 7.99. The molecular weight excluding hydrogens is 246 g/mol. The van der Waals surface area contributed by atoms with Crippen LogP contribution in [0.15, 0.2) is 33.0 Å². The first kappa shape index (κ1) is 13.0. The number of hydrogen-bond donors (Lipinski definition) is 0. The summed E-state index contributed by atoms with van der Waals surface area (Å²) < 4.78 is 23.0. The maximum Gasteiger partial charge on any atom is 0.235 e. The Morgan fingerprint density at radius 1 is 1.44 bits per heavy atom. The van der Waals surface area contributed by atoms with E-state index < -0.39 is 9.84 Å². The summed E-state index contributed by atoms with van der Waals surface area (Å²) in [5.74, 6) is 0. The largest absolute Gasteiger partial charge is 0.235 e. The smallest absolute Gasteiger partial charge is 0.224 e. The van der Waals surface area contributed by atoms with Crippen molar-refractivity contribution in [3.63, 3.8) is 0 Å². The number of isocyanates is 1. The van der Waals surface area contributed by atoms with E-state index in [1.807, 2.05) is 0 Å². The molecule has 0 aliphatic heterocycles. The number of hydrogen-bond acceptors (Lipinski definition) is 5. The van der Waals surface area contributed by atoms with Crippen LogP contribution in [0.2, 0.25) is 0 Å². The molecule has 0 unspecified atom stereocenters. The van der Waals surface area contributed by atoms with Crippen molar-refractivity contribution in [1.82, 2.24) is 0 Å². The average Bonchev–Trinajstić information content (AvgIpc) is 2.24. The Morgan fingerprint density at radius 2 is 2.12 bits per heavy atom. The van der Waals surface area contributed by atoms with Crippen LogP contribution in [0.1, 0.15) is 5.56 Å². The van der Waals surface area contributed by atoms with E-state index in [0.717, 1.165) is 11.8 Å². The Labute approximate surface area is 98.7 Å². The lowest BCUT2D eigenvalue weighted by atomic mass is 10.2. The fourth-order valence-corrected chi connectivity index (χ4v) is 3.49. The lowest BCUT2D eigenvalue weighted by Crippen LogP contribution is -2.01. The van der Waals surface area contributed by atoms with Gasteiger partial charge in [-0.15, -0.1) is 11.8 Å². The molecule has 4 nitrogen and oxygen atoms in total. The number of aliphatic imine (C=N–C) groups is 1. The fourth-order valence-electron chi connectivity index (χ4n) is 1.33. The molecule has 0 bridgehead atoms. The molecule has 0 radical (unpaired) electrons. The van der Waals surface area contributed by atoms with Crippen molar-refractivity contribution in [1.29, 1.82) is 0 Å². The van der Waals surface area contributed by atoms with E-state index in [1.165, 1.54) is 17.8 Å². The van der Waals surface area contributed by atoms with Gasteiger partial charge in [0.2, 0.25) is 6.08 Å². The van der Waals surface area contributed by atoms with Crippen LogP contribution in [-0.2, 0) is 21.2 Å². The number of carbonyl (C=O) groups excluding carboxylic acids is 1. The number of thioether (sulfide) groups is 1. The molecule has 0 saturated heterocycles. The van der Waals surface area contributed by atoms with Gasteiger partial charge in [0, 0.05) is 11.2 Å². The molecule has 0 aliphatic rings. The van der Waals surface area contributed by atoms with Gasteiger partial charge in [-0.2, -0.15) is 0 Å². The Morgan fingerprint density at radius 3 is 2.62 bits per heavy atom. The topological polar surface area (TPSA) is 63.6 Å². The van der Waals surface area contributed by atoms with E-state index in [1.54, 1.807) is 24.5 Å². The molecule has 0 N–H and O–H groups in total. The normalized spacial score (nSPS) is 10.9. The number of sulfone groups is 1. The van der Waals surface area contributed by atoms with Crippen LogP contribution in [0.25, 0.3) is 0 Å². The summed E-state index contributed by atoms with van der Waals surface area (Å²) in [4.78, 5) is 14.4. The Balaban J connectivity index is 3.37. The minimum Gasteiger partial charge on any atom is -0.224 e. The van der Waals surface area contributed by atoms with E-state index >= 15 is 0 Å². The lowest BCUT2D eigenvalue weighted by molar-refractivity contribution is 0.562. The predicted octanol–water partition coefficient (Wildman–Crippen LogP) is 1.65. The second-order valence-corrected chi connectivity index (χ2v) is 5.93. The third kappa shape index (κ3) is 2.95. The SMILES string of the molecule is CSc1c(CN=C=O)cccc1S(C)(=O)=O. The summed E-state index contributed by atoms with van der Waals surface area (Å²) in [6, 6.07) is 4.95. The van der Waals surface area contributed by atoms with Crippen molar-refractivity contribution in [3.8, 4) is 0 Å². The van der Waals surface area contributed by atoms with Crippen molar-refractivity contribution in [2.24, 2.45) is 4.99 Å². The van der Waals surface area contributed by atoms with E-state index in [-0.39, 0.29) is 11.4 Å². The molecule has 0 atom stereocenters. The Hall–Kier alpha value is -1.10. The highest BCUT2D eigenvalue weighted by atomic mass is 32.2. The molecule has 0 saturated carbocycles. The number of nitrogens with zero attached hydrogens (tertiary/aromatic N) is 1. The molecule has 6 heteroatoms. The molecule has 0 aromatic heterocycles. The second-order valence-electron chi connectivity index (χ2n) is 3.13. The summed E-state index contributed by atoms with van der Waals surface area (Å²) in [5.41, 5.74) is 0.721. The van der Waals surface area contributed by atoms with Gasteiger partial charge in [-0.25, -0.2) is 18.2 Å². The molecule has 86 valence electrons. The zero-order valence-corrected chi connectivity index (χ0v) is 10.6. The highest BCUT2D eigenvalue weighted by Crippen LogP contribution is 2.28. The zero-order chi connectivity index (χ0) is 12.2. The van der Waals surface area contributed by atoms with Gasteiger partial charge in [0.25, 0.3) is 0 Å². The van der Waals surface area contributed by atoms with Crippen LogP contribution in [-0.4, -0.2) is 27.0 Å². The highest BCUT2D eigenvalue weighted by Gasteiger charge is 2.15. The van der Waals surface area contributed by atoms with Gasteiger partial charge >= 0.3 is 0 Å². The summed E-state index contributed by atoms with van der Waals surface area (Å²) >= 11 is 1.33. The first-order chi connectivity index (χ1) is 7.50. The minimum atomic E-state index is -3.25. The van der Waals surface area contributed by atoms with Crippen molar-refractivity contribution in [3.05, 3.63) is 23.8 Å². The molecule has 0 heterocycles. The second kappa shape index (κ2) is 5.30. The monoisotopic (exact) mass is 257 g/mol.